The van der Waals surface area contributed by atoms with Crippen LogP contribution >= 0.6 is 11.3 Å². The molecule has 16 heavy (non-hydrogen) atoms. The van der Waals surface area contributed by atoms with Gasteiger partial charge in [-0.2, -0.15) is 0 Å². The van der Waals surface area contributed by atoms with Crippen molar-refractivity contribution < 1.29 is 0 Å². The van der Waals surface area contributed by atoms with Crippen molar-refractivity contribution in [3.8, 4) is 0 Å². The highest BCUT2D eigenvalue weighted by molar-refractivity contribution is 7.09. The first-order chi connectivity index (χ1) is 7.63. The SMILES string of the molecule is Cc1csc(CNc2cc(=O)[nH]c(C)n2)n1. The Hall–Kier alpha value is -1.69. The molecule has 0 fully saturated rings. The van der Waals surface area contributed by atoms with Gasteiger partial charge in [0.05, 0.1) is 6.54 Å². The van der Waals surface area contributed by atoms with Crippen LogP contribution in [0.25, 0.3) is 0 Å². The fraction of sp³-hybridized carbons (Fsp3) is 0.300. The molecule has 0 spiro atoms. The summed E-state index contributed by atoms with van der Waals surface area (Å²) in [5.74, 6) is 1.18. The van der Waals surface area contributed by atoms with Crippen LogP contribution in [0, 0.1) is 13.8 Å². The quantitative estimate of drug-likeness (QED) is 0.846. The van der Waals surface area contributed by atoms with Gasteiger partial charge in [0.1, 0.15) is 16.6 Å². The van der Waals surface area contributed by atoms with Crippen molar-refractivity contribution in [1.82, 2.24) is 15.0 Å². The van der Waals surface area contributed by atoms with Gasteiger partial charge in [-0.1, -0.05) is 0 Å². The molecule has 0 unspecified atom stereocenters. The molecule has 6 heteroatoms. The first-order valence-electron chi connectivity index (χ1n) is 4.86. The third-order valence-corrected chi connectivity index (χ3v) is 2.91. The van der Waals surface area contributed by atoms with E-state index >= 15 is 0 Å². The topological polar surface area (TPSA) is 70.7 Å². The monoisotopic (exact) mass is 236 g/mol. The highest BCUT2D eigenvalue weighted by atomic mass is 32.1. The highest BCUT2D eigenvalue weighted by Crippen LogP contribution is 2.10. The lowest BCUT2D eigenvalue weighted by atomic mass is 10.5. The summed E-state index contributed by atoms with van der Waals surface area (Å²) in [4.78, 5) is 22.3. The van der Waals surface area contributed by atoms with E-state index < -0.39 is 0 Å². The van der Waals surface area contributed by atoms with Gasteiger partial charge < -0.3 is 10.3 Å². The number of nitrogens with one attached hydrogen (secondary N) is 2. The number of anilines is 1. The molecule has 0 saturated carbocycles. The van der Waals surface area contributed by atoms with Gasteiger partial charge in [-0.05, 0) is 13.8 Å². The van der Waals surface area contributed by atoms with Crippen molar-refractivity contribution in [1.29, 1.82) is 0 Å². The van der Waals surface area contributed by atoms with Crippen molar-refractivity contribution in [2.45, 2.75) is 20.4 Å². The Balaban J connectivity index is 2.07. The zero-order valence-electron chi connectivity index (χ0n) is 9.07. The number of hydrogen-bond acceptors (Lipinski definition) is 5. The second kappa shape index (κ2) is 4.44. The zero-order chi connectivity index (χ0) is 11.5. The average molecular weight is 236 g/mol. The fourth-order valence-corrected chi connectivity index (χ4v) is 2.03. The van der Waals surface area contributed by atoms with Gasteiger partial charge in [0.25, 0.3) is 5.56 Å². The van der Waals surface area contributed by atoms with Gasteiger partial charge in [0.15, 0.2) is 0 Å². The zero-order valence-corrected chi connectivity index (χ0v) is 9.89. The van der Waals surface area contributed by atoms with Crippen molar-refractivity contribution in [2.75, 3.05) is 5.32 Å². The van der Waals surface area contributed by atoms with Gasteiger partial charge in [-0.25, -0.2) is 9.97 Å². The summed E-state index contributed by atoms with van der Waals surface area (Å²) in [6.45, 7) is 4.30. The summed E-state index contributed by atoms with van der Waals surface area (Å²) in [5.41, 5.74) is 0.863. The molecule has 2 rings (SSSR count). The number of hydrogen-bond donors (Lipinski definition) is 2. The molecular weight excluding hydrogens is 224 g/mol. The molecule has 0 amide bonds. The van der Waals surface area contributed by atoms with E-state index in [2.05, 4.69) is 20.3 Å². The van der Waals surface area contributed by atoms with Crippen LogP contribution in [0.1, 0.15) is 16.5 Å². The van der Waals surface area contributed by atoms with E-state index in [1.54, 1.807) is 18.3 Å². The molecule has 5 nitrogen and oxygen atoms in total. The number of aryl methyl sites for hydroxylation is 2. The minimum Gasteiger partial charge on any atom is -0.363 e. The maximum atomic E-state index is 11.2. The lowest BCUT2D eigenvalue weighted by Gasteiger charge is -2.03. The molecule has 2 aromatic heterocycles. The fourth-order valence-electron chi connectivity index (χ4n) is 1.32. The van der Waals surface area contributed by atoms with Crippen LogP contribution in [-0.2, 0) is 6.54 Å². The first kappa shape index (κ1) is 10.8. The van der Waals surface area contributed by atoms with E-state index in [4.69, 9.17) is 0 Å². The van der Waals surface area contributed by atoms with Crippen molar-refractivity contribution in [3.05, 3.63) is 38.3 Å². The third-order valence-electron chi connectivity index (χ3n) is 1.95. The van der Waals surface area contributed by atoms with Gasteiger partial charge >= 0.3 is 0 Å². The number of thiazole rings is 1. The summed E-state index contributed by atoms with van der Waals surface area (Å²) >= 11 is 1.59. The van der Waals surface area contributed by atoms with Crippen molar-refractivity contribution in [2.24, 2.45) is 0 Å². The minimum atomic E-state index is -0.148. The normalized spacial score (nSPS) is 10.4. The summed E-state index contributed by atoms with van der Waals surface area (Å²) in [5, 5.41) is 6.05. The Morgan fingerprint density at radius 2 is 2.25 bits per heavy atom. The molecule has 2 N–H and O–H groups in total. The Labute approximate surface area is 96.6 Å². The second-order valence-corrected chi connectivity index (χ2v) is 4.39. The van der Waals surface area contributed by atoms with Gasteiger partial charge in [-0.15, -0.1) is 11.3 Å². The Kier molecular flexibility index (Phi) is 3.00. The van der Waals surface area contributed by atoms with Crippen LogP contribution in [0.15, 0.2) is 16.2 Å². The van der Waals surface area contributed by atoms with Crippen molar-refractivity contribution in [3.63, 3.8) is 0 Å². The second-order valence-electron chi connectivity index (χ2n) is 3.45. The summed E-state index contributed by atoms with van der Waals surface area (Å²) in [6.07, 6.45) is 0. The summed E-state index contributed by atoms with van der Waals surface area (Å²) in [7, 11) is 0. The maximum Gasteiger partial charge on any atom is 0.252 e. The van der Waals surface area contributed by atoms with Crippen LogP contribution in [0.5, 0.6) is 0 Å². The third kappa shape index (κ3) is 2.66. The van der Waals surface area contributed by atoms with Crippen LogP contribution in [0.4, 0.5) is 5.82 Å². The van der Waals surface area contributed by atoms with Gasteiger partial charge in [-0.3, -0.25) is 4.79 Å². The van der Waals surface area contributed by atoms with E-state index in [-0.39, 0.29) is 5.56 Å². The lowest BCUT2D eigenvalue weighted by molar-refractivity contribution is 0.989. The molecule has 2 heterocycles. The van der Waals surface area contributed by atoms with Crippen LogP contribution in [0.2, 0.25) is 0 Å². The van der Waals surface area contributed by atoms with Crippen LogP contribution in [0.3, 0.4) is 0 Å². The predicted molar refractivity (Wildman–Crippen MR) is 63.8 cm³/mol. The smallest absolute Gasteiger partial charge is 0.252 e. The minimum absolute atomic E-state index is 0.148. The van der Waals surface area contributed by atoms with Gasteiger partial charge in [0.2, 0.25) is 0 Å². The molecular formula is C10H12N4OS. The number of aromatic nitrogens is 3. The maximum absolute atomic E-state index is 11.2. The number of H-pyrrole nitrogens is 1. The molecule has 0 aromatic carbocycles. The number of aromatic amines is 1. The lowest BCUT2D eigenvalue weighted by Crippen LogP contribution is -2.11. The van der Waals surface area contributed by atoms with E-state index in [0.29, 0.717) is 18.2 Å². The van der Waals surface area contributed by atoms with Crippen LogP contribution < -0.4 is 10.9 Å². The Morgan fingerprint density at radius 1 is 1.44 bits per heavy atom. The largest absolute Gasteiger partial charge is 0.363 e. The molecule has 84 valence electrons. The number of rotatable bonds is 3. The molecule has 0 radical (unpaired) electrons. The van der Waals surface area contributed by atoms with Crippen LogP contribution in [-0.4, -0.2) is 15.0 Å². The standard InChI is InChI=1S/C10H12N4OS/c1-6-5-16-10(12-6)4-11-8-3-9(15)14-7(2)13-8/h3,5H,4H2,1-2H3,(H2,11,13,14,15). The molecule has 0 aliphatic rings. The molecule has 0 atom stereocenters. The van der Waals surface area contributed by atoms with E-state index in [0.717, 1.165) is 10.7 Å². The Morgan fingerprint density at radius 3 is 2.88 bits per heavy atom. The highest BCUT2D eigenvalue weighted by Gasteiger charge is 2.00. The summed E-state index contributed by atoms with van der Waals surface area (Å²) in [6, 6.07) is 1.44. The molecule has 0 aliphatic carbocycles. The number of nitrogens with zero attached hydrogens (tertiary/aromatic N) is 2. The summed E-state index contributed by atoms with van der Waals surface area (Å²) < 4.78 is 0. The molecule has 0 saturated heterocycles. The predicted octanol–water partition coefficient (Wildman–Crippen LogP) is 1.46. The van der Waals surface area contributed by atoms with Crippen molar-refractivity contribution >= 4 is 17.2 Å². The first-order valence-corrected chi connectivity index (χ1v) is 5.74. The average Bonchev–Trinajstić information content (AvgIpc) is 2.60. The van der Waals surface area contributed by atoms with E-state index in [9.17, 15) is 4.79 Å². The Bertz CT molecular complexity index is 546. The molecule has 0 aliphatic heterocycles. The van der Waals surface area contributed by atoms with E-state index in [1.165, 1.54) is 6.07 Å². The van der Waals surface area contributed by atoms with E-state index in [1.807, 2.05) is 12.3 Å². The molecule has 0 bridgehead atoms. The van der Waals surface area contributed by atoms with Gasteiger partial charge in [0, 0.05) is 17.1 Å². The molecule has 2 aromatic rings.